The van der Waals surface area contributed by atoms with Gasteiger partial charge in [-0.1, -0.05) is 0 Å². The largest absolute Gasteiger partial charge is 2.00 e. The summed E-state index contributed by atoms with van der Waals surface area (Å²) in [6.45, 7) is 6.00. The SMILES string of the molecule is C=O.C=O.C=O.[C-]1=CC=CC1.[CH3-].[Mg+2]. The van der Waals surface area contributed by atoms with Crippen LogP contribution >= 0.6 is 0 Å². The Morgan fingerprint density at radius 3 is 1.46 bits per heavy atom. The van der Waals surface area contributed by atoms with Crippen LogP contribution in [0.5, 0.6) is 0 Å². The third-order valence-corrected chi connectivity index (χ3v) is 0.586. The van der Waals surface area contributed by atoms with Crippen molar-refractivity contribution in [3.63, 3.8) is 0 Å². The van der Waals surface area contributed by atoms with E-state index in [0.29, 0.717) is 0 Å². The molecule has 0 radical (unpaired) electrons. The molecule has 0 bridgehead atoms. The van der Waals surface area contributed by atoms with Gasteiger partial charge in [0.05, 0.1) is 0 Å². The molecule has 0 saturated carbocycles. The summed E-state index contributed by atoms with van der Waals surface area (Å²) in [5.41, 5.74) is 0. The van der Waals surface area contributed by atoms with Crippen molar-refractivity contribution in [2.75, 3.05) is 0 Å². The Bertz CT molecular complexity index is 98.7. The van der Waals surface area contributed by atoms with Gasteiger partial charge in [0, 0.05) is 0 Å². The fraction of sp³-hybridized carbons (Fsp3) is 0.111. The average Bonchev–Trinajstić information content (AvgIpc) is 2.71. The first-order chi connectivity index (χ1) is 5.50. The molecular formula is C9H14MgO3. The predicted molar refractivity (Wildman–Crippen MR) is 55.1 cm³/mol. The van der Waals surface area contributed by atoms with Gasteiger partial charge in [-0.15, -0.1) is 6.42 Å². The molecular weight excluding hydrogens is 180 g/mol. The third kappa shape index (κ3) is 53.2. The molecule has 13 heavy (non-hydrogen) atoms. The van der Waals surface area contributed by atoms with E-state index in [1.165, 1.54) is 0 Å². The Morgan fingerprint density at radius 1 is 1.00 bits per heavy atom. The molecule has 1 aliphatic rings. The molecule has 70 valence electrons. The van der Waals surface area contributed by atoms with E-state index in [9.17, 15) is 0 Å². The van der Waals surface area contributed by atoms with Gasteiger partial charge in [-0.25, -0.2) is 12.2 Å². The first-order valence-electron chi connectivity index (χ1n) is 2.58. The quantitative estimate of drug-likeness (QED) is 0.424. The van der Waals surface area contributed by atoms with E-state index in [1.54, 1.807) is 0 Å². The summed E-state index contributed by atoms with van der Waals surface area (Å²) in [7, 11) is 0. The van der Waals surface area contributed by atoms with E-state index < -0.39 is 0 Å². The number of rotatable bonds is 0. The molecule has 0 amide bonds. The topological polar surface area (TPSA) is 51.2 Å². The van der Waals surface area contributed by atoms with Crippen molar-refractivity contribution in [1.29, 1.82) is 0 Å². The molecule has 0 fully saturated rings. The second kappa shape index (κ2) is 65.4. The summed E-state index contributed by atoms with van der Waals surface area (Å²) in [6, 6.07) is 0. The van der Waals surface area contributed by atoms with Gasteiger partial charge in [-0.3, -0.25) is 6.08 Å². The Balaban J connectivity index is -0.0000000239. The van der Waals surface area contributed by atoms with Crippen LogP contribution in [0.3, 0.4) is 0 Å². The van der Waals surface area contributed by atoms with Crippen molar-refractivity contribution in [3.05, 3.63) is 31.7 Å². The first-order valence-corrected chi connectivity index (χ1v) is 2.58. The standard InChI is InChI=1S/C5H5.3CH2O.CH3.Mg/c1-2-4-5-3-1;3*1-2;;/h1-3H,4H2;3*1H2;1H3;/q-1;;;;-1;+2. The Labute approximate surface area is 96.1 Å². The van der Waals surface area contributed by atoms with E-state index in [4.69, 9.17) is 14.4 Å². The molecule has 0 aromatic rings. The summed E-state index contributed by atoms with van der Waals surface area (Å²) < 4.78 is 0. The van der Waals surface area contributed by atoms with Gasteiger partial charge >= 0.3 is 23.1 Å². The van der Waals surface area contributed by atoms with Gasteiger partial charge in [-0.2, -0.15) is 6.08 Å². The number of allylic oxidation sites excluding steroid dienone is 4. The predicted octanol–water partition coefficient (Wildman–Crippen LogP) is 0.820. The molecule has 0 saturated heterocycles. The molecule has 0 aliphatic heterocycles. The van der Waals surface area contributed by atoms with Crippen LogP contribution in [0.2, 0.25) is 0 Å². The molecule has 3 nitrogen and oxygen atoms in total. The number of carbonyl (C=O) groups is 3. The van der Waals surface area contributed by atoms with Crippen molar-refractivity contribution < 1.29 is 14.4 Å². The van der Waals surface area contributed by atoms with E-state index in [2.05, 4.69) is 12.2 Å². The van der Waals surface area contributed by atoms with Crippen LogP contribution in [0.25, 0.3) is 0 Å². The van der Waals surface area contributed by atoms with Gasteiger partial charge in [0.25, 0.3) is 0 Å². The van der Waals surface area contributed by atoms with Crippen LogP contribution < -0.4 is 0 Å². The van der Waals surface area contributed by atoms with Crippen LogP contribution in [0.1, 0.15) is 6.42 Å². The minimum absolute atomic E-state index is 0. The first kappa shape index (κ1) is 29.5. The van der Waals surface area contributed by atoms with E-state index >= 15 is 0 Å². The van der Waals surface area contributed by atoms with Gasteiger partial charge in [0.15, 0.2) is 0 Å². The van der Waals surface area contributed by atoms with Crippen molar-refractivity contribution in [1.82, 2.24) is 0 Å². The zero-order valence-corrected chi connectivity index (χ0v) is 9.41. The third-order valence-electron chi connectivity index (χ3n) is 0.586. The normalized spacial score (nSPS) is 7.69. The number of hydrogen-bond acceptors (Lipinski definition) is 3. The maximum atomic E-state index is 8.00. The minimum Gasteiger partial charge on any atom is -0.358 e. The van der Waals surface area contributed by atoms with Crippen molar-refractivity contribution >= 4 is 43.4 Å². The van der Waals surface area contributed by atoms with Crippen LogP contribution in [0.15, 0.2) is 18.2 Å². The summed E-state index contributed by atoms with van der Waals surface area (Å²) in [5.74, 6) is 0. The Kier molecular flexibility index (Phi) is 148. The number of hydrogen-bond donors (Lipinski definition) is 0. The molecule has 0 atom stereocenters. The zero-order valence-electron chi connectivity index (χ0n) is 7.99. The molecule has 1 rings (SSSR count). The summed E-state index contributed by atoms with van der Waals surface area (Å²) in [5, 5.41) is 0. The van der Waals surface area contributed by atoms with Gasteiger partial charge < -0.3 is 21.8 Å². The van der Waals surface area contributed by atoms with Crippen LogP contribution in [-0.2, 0) is 14.4 Å². The second-order valence-electron chi connectivity index (χ2n) is 1.00. The van der Waals surface area contributed by atoms with Gasteiger partial charge in [-0.05, 0) is 0 Å². The van der Waals surface area contributed by atoms with Gasteiger partial charge in [0.2, 0.25) is 0 Å². The van der Waals surface area contributed by atoms with Crippen LogP contribution in [0, 0.1) is 13.5 Å². The molecule has 0 aromatic heterocycles. The fourth-order valence-electron chi connectivity index (χ4n) is 0.340. The van der Waals surface area contributed by atoms with Crippen LogP contribution in [0.4, 0.5) is 0 Å². The van der Waals surface area contributed by atoms with Crippen molar-refractivity contribution in [2.24, 2.45) is 0 Å². The fourth-order valence-corrected chi connectivity index (χ4v) is 0.340. The average molecular weight is 195 g/mol. The number of carbonyl (C=O) groups excluding carboxylic acids is 3. The monoisotopic (exact) mass is 194 g/mol. The van der Waals surface area contributed by atoms with Crippen LogP contribution in [-0.4, -0.2) is 43.4 Å². The molecule has 0 unspecified atom stereocenters. The Morgan fingerprint density at radius 2 is 1.38 bits per heavy atom. The molecule has 4 heteroatoms. The molecule has 0 heterocycles. The molecule has 0 N–H and O–H groups in total. The molecule has 0 aromatic carbocycles. The van der Waals surface area contributed by atoms with Gasteiger partial charge in [0.1, 0.15) is 20.4 Å². The zero-order chi connectivity index (χ0) is 9.54. The van der Waals surface area contributed by atoms with E-state index in [1.807, 2.05) is 32.5 Å². The maximum absolute atomic E-state index is 8.00. The summed E-state index contributed by atoms with van der Waals surface area (Å²) >= 11 is 0. The summed E-state index contributed by atoms with van der Waals surface area (Å²) in [6.07, 6.45) is 10.0. The maximum Gasteiger partial charge on any atom is 2.00 e. The van der Waals surface area contributed by atoms with E-state index in [0.717, 1.165) is 6.42 Å². The minimum atomic E-state index is 0. The Hall–Kier alpha value is -0.744. The van der Waals surface area contributed by atoms with Crippen molar-refractivity contribution in [3.8, 4) is 0 Å². The molecule has 0 spiro atoms. The molecule has 1 aliphatic carbocycles. The van der Waals surface area contributed by atoms with E-state index in [-0.39, 0.29) is 30.5 Å². The smallest absolute Gasteiger partial charge is 0.358 e. The summed E-state index contributed by atoms with van der Waals surface area (Å²) in [4.78, 5) is 24.0. The van der Waals surface area contributed by atoms with Crippen molar-refractivity contribution in [2.45, 2.75) is 6.42 Å². The second-order valence-corrected chi connectivity index (χ2v) is 1.00.